The number of pyridine rings is 1. The van der Waals surface area contributed by atoms with Gasteiger partial charge >= 0.3 is 0 Å². The Balaban J connectivity index is 2.15. The summed E-state index contributed by atoms with van der Waals surface area (Å²) in [4.78, 5) is 16.9. The van der Waals surface area contributed by atoms with Crippen LogP contribution in [0, 0.1) is 0 Å². The van der Waals surface area contributed by atoms with Gasteiger partial charge in [0.15, 0.2) is 11.5 Å². The van der Waals surface area contributed by atoms with Crippen LogP contribution in [0.5, 0.6) is 11.5 Å². The smallest absolute Gasteiger partial charge is 0.252 e. The standard InChI is InChI=1S/C23H28N4O3/c1-4-16-14(13-24)8-7-9-18(16)26-23-17(22(25)28)10-15-11-20(29-5-2)21(30-6-3)12-19(15)27-23/h7-12H,4-6,13,24H2,1-3H3,(H2,25,28)(H,26,27). The Labute approximate surface area is 176 Å². The normalized spacial score (nSPS) is 10.8. The van der Waals surface area contributed by atoms with Crippen LogP contribution in [-0.2, 0) is 13.0 Å². The molecule has 0 aliphatic rings. The molecular weight excluding hydrogens is 380 g/mol. The highest BCUT2D eigenvalue weighted by Crippen LogP contribution is 2.34. The third-order valence-electron chi connectivity index (χ3n) is 4.84. The molecule has 0 spiro atoms. The number of nitrogens with zero attached hydrogens (tertiary/aromatic N) is 1. The summed E-state index contributed by atoms with van der Waals surface area (Å²) >= 11 is 0. The van der Waals surface area contributed by atoms with Crippen LogP contribution in [-0.4, -0.2) is 24.1 Å². The zero-order valence-corrected chi connectivity index (χ0v) is 17.6. The molecule has 7 heteroatoms. The number of carbonyl (C=O) groups excluding carboxylic acids is 1. The van der Waals surface area contributed by atoms with Crippen molar-refractivity contribution >= 4 is 28.3 Å². The van der Waals surface area contributed by atoms with E-state index >= 15 is 0 Å². The highest BCUT2D eigenvalue weighted by molar-refractivity contribution is 6.02. The molecule has 1 heterocycles. The van der Waals surface area contributed by atoms with Crippen LogP contribution >= 0.6 is 0 Å². The molecular formula is C23H28N4O3. The Hall–Kier alpha value is -3.32. The van der Waals surface area contributed by atoms with Gasteiger partial charge in [-0.3, -0.25) is 4.79 Å². The van der Waals surface area contributed by atoms with Crippen LogP contribution in [0.15, 0.2) is 36.4 Å². The van der Waals surface area contributed by atoms with Crippen LogP contribution in [0.25, 0.3) is 10.9 Å². The number of nitrogens with two attached hydrogens (primary N) is 2. The molecule has 3 aromatic rings. The molecule has 2 aromatic carbocycles. The van der Waals surface area contributed by atoms with Gasteiger partial charge in [-0.25, -0.2) is 4.98 Å². The van der Waals surface area contributed by atoms with Crippen LogP contribution in [0.4, 0.5) is 11.5 Å². The van der Waals surface area contributed by atoms with Gasteiger partial charge in [0, 0.05) is 23.7 Å². The summed E-state index contributed by atoms with van der Waals surface area (Å²) in [7, 11) is 0. The number of primary amides is 1. The van der Waals surface area contributed by atoms with Gasteiger partial charge in [-0.2, -0.15) is 0 Å². The SMILES string of the molecule is CCOc1cc2cc(C(N)=O)c(Nc3cccc(CN)c3CC)nc2cc1OCC. The highest BCUT2D eigenvalue weighted by atomic mass is 16.5. The van der Waals surface area contributed by atoms with Crippen molar-refractivity contribution in [2.24, 2.45) is 11.5 Å². The van der Waals surface area contributed by atoms with E-state index in [4.69, 9.17) is 20.9 Å². The summed E-state index contributed by atoms with van der Waals surface area (Å²) < 4.78 is 11.4. The Morgan fingerprint density at radius 2 is 1.77 bits per heavy atom. The van der Waals surface area contributed by atoms with E-state index in [9.17, 15) is 4.79 Å². The quantitative estimate of drug-likeness (QED) is 0.495. The summed E-state index contributed by atoms with van der Waals surface area (Å²) in [5.41, 5.74) is 15.5. The first-order chi connectivity index (χ1) is 14.5. The van der Waals surface area contributed by atoms with Crippen LogP contribution in [0.1, 0.15) is 42.3 Å². The number of carbonyl (C=O) groups is 1. The summed E-state index contributed by atoms with van der Waals surface area (Å²) in [6, 6.07) is 11.2. The molecule has 30 heavy (non-hydrogen) atoms. The van der Waals surface area contributed by atoms with E-state index in [1.807, 2.05) is 44.2 Å². The molecule has 0 unspecified atom stereocenters. The molecule has 3 rings (SSSR count). The fourth-order valence-corrected chi connectivity index (χ4v) is 3.49. The minimum Gasteiger partial charge on any atom is -0.490 e. The predicted molar refractivity (Wildman–Crippen MR) is 120 cm³/mol. The van der Waals surface area contributed by atoms with Crippen molar-refractivity contribution in [2.45, 2.75) is 33.7 Å². The van der Waals surface area contributed by atoms with Gasteiger partial charge in [0.2, 0.25) is 0 Å². The first-order valence-corrected chi connectivity index (χ1v) is 10.1. The van der Waals surface area contributed by atoms with Crippen molar-refractivity contribution in [3.05, 3.63) is 53.1 Å². The van der Waals surface area contributed by atoms with Gasteiger partial charge in [0.1, 0.15) is 5.82 Å². The average Bonchev–Trinajstić information content (AvgIpc) is 2.73. The number of rotatable bonds is 9. The lowest BCUT2D eigenvalue weighted by Gasteiger charge is -2.17. The Morgan fingerprint density at radius 1 is 1.07 bits per heavy atom. The lowest BCUT2D eigenvalue weighted by molar-refractivity contribution is 0.100. The van der Waals surface area contributed by atoms with Crippen LogP contribution < -0.4 is 26.3 Å². The van der Waals surface area contributed by atoms with E-state index in [1.165, 1.54) is 0 Å². The Morgan fingerprint density at radius 3 is 2.37 bits per heavy atom. The monoisotopic (exact) mass is 408 g/mol. The van der Waals surface area contributed by atoms with E-state index in [0.717, 1.165) is 28.6 Å². The second kappa shape index (κ2) is 9.45. The van der Waals surface area contributed by atoms with E-state index in [1.54, 1.807) is 6.07 Å². The number of amides is 1. The number of benzene rings is 2. The van der Waals surface area contributed by atoms with Gasteiger partial charge in [-0.1, -0.05) is 19.1 Å². The minimum atomic E-state index is -0.563. The molecule has 0 radical (unpaired) electrons. The van der Waals surface area contributed by atoms with Gasteiger partial charge in [0.25, 0.3) is 5.91 Å². The predicted octanol–water partition coefficient (Wildman–Crippen LogP) is 3.90. The van der Waals surface area contributed by atoms with E-state index < -0.39 is 5.91 Å². The lowest BCUT2D eigenvalue weighted by atomic mass is 10.0. The van der Waals surface area contributed by atoms with Gasteiger partial charge in [-0.05, 0) is 49.6 Å². The number of fused-ring (bicyclic) bond motifs is 1. The molecule has 0 aliphatic heterocycles. The van der Waals surface area contributed by atoms with Gasteiger partial charge in [0.05, 0.1) is 24.3 Å². The van der Waals surface area contributed by atoms with Crippen LogP contribution in [0.2, 0.25) is 0 Å². The Bertz CT molecular complexity index is 1070. The molecule has 158 valence electrons. The number of anilines is 2. The van der Waals surface area contributed by atoms with Gasteiger partial charge < -0.3 is 26.3 Å². The third kappa shape index (κ3) is 4.31. The summed E-state index contributed by atoms with van der Waals surface area (Å²) in [5, 5.41) is 4.04. The fraction of sp³-hybridized carbons (Fsp3) is 0.304. The van der Waals surface area contributed by atoms with Crippen molar-refractivity contribution in [2.75, 3.05) is 18.5 Å². The number of ether oxygens (including phenoxy) is 2. The number of aromatic nitrogens is 1. The first-order valence-electron chi connectivity index (χ1n) is 10.1. The topological polar surface area (TPSA) is 112 Å². The maximum atomic E-state index is 12.2. The average molecular weight is 409 g/mol. The fourth-order valence-electron chi connectivity index (χ4n) is 3.49. The summed E-state index contributed by atoms with van der Waals surface area (Å²) in [6.45, 7) is 7.31. The molecule has 0 saturated heterocycles. The lowest BCUT2D eigenvalue weighted by Crippen LogP contribution is -2.15. The van der Waals surface area contributed by atoms with E-state index in [-0.39, 0.29) is 0 Å². The zero-order chi connectivity index (χ0) is 21.7. The van der Waals surface area contributed by atoms with Crippen LogP contribution in [0.3, 0.4) is 0 Å². The molecule has 7 nitrogen and oxygen atoms in total. The van der Waals surface area contributed by atoms with Gasteiger partial charge in [-0.15, -0.1) is 0 Å². The Kier molecular flexibility index (Phi) is 6.74. The molecule has 1 aromatic heterocycles. The number of hydrogen-bond acceptors (Lipinski definition) is 6. The molecule has 5 N–H and O–H groups in total. The second-order valence-electron chi connectivity index (χ2n) is 6.73. The number of nitrogens with one attached hydrogen (secondary N) is 1. The molecule has 0 aliphatic carbocycles. The zero-order valence-electron chi connectivity index (χ0n) is 17.6. The maximum absolute atomic E-state index is 12.2. The van der Waals surface area contributed by atoms with E-state index in [0.29, 0.717) is 48.2 Å². The van der Waals surface area contributed by atoms with Crippen molar-refractivity contribution in [3.63, 3.8) is 0 Å². The molecule has 0 bridgehead atoms. The maximum Gasteiger partial charge on any atom is 0.252 e. The van der Waals surface area contributed by atoms with Crippen molar-refractivity contribution in [1.82, 2.24) is 4.98 Å². The minimum absolute atomic E-state index is 0.300. The largest absolute Gasteiger partial charge is 0.490 e. The molecule has 0 saturated carbocycles. The van der Waals surface area contributed by atoms with Crippen molar-refractivity contribution < 1.29 is 14.3 Å². The second-order valence-corrected chi connectivity index (χ2v) is 6.73. The summed E-state index contributed by atoms with van der Waals surface area (Å²) in [6.07, 6.45) is 0.793. The van der Waals surface area contributed by atoms with Crippen molar-refractivity contribution in [3.8, 4) is 11.5 Å². The molecule has 0 atom stereocenters. The molecule has 1 amide bonds. The summed E-state index contributed by atoms with van der Waals surface area (Å²) in [5.74, 6) is 1.04. The third-order valence-corrected chi connectivity index (χ3v) is 4.84. The first kappa shape index (κ1) is 21.4. The van der Waals surface area contributed by atoms with E-state index in [2.05, 4.69) is 17.2 Å². The van der Waals surface area contributed by atoms with Crippen molar-refractivity contribution in [1.29, 1.82) is 0 Å². The number of hydrogen-bond donors (Lipinski definition) is 3. The highest BCUT2D eigenvalue weighted by Gasteiger charge is 2.17. The molecule has 0 fully saturated rings.